The number of carbonyl (C=O) groups excluding carboxylic acids is 1. The van der Waals surface area contributed by atoms with E-state index in [1.165, 1.54) is 7.11 Å². The summed E-state index contributed by atoms with van der Waals surface area (Å²) in [5, 5.41) is 11.0. The highest BCUT2D eigenvalue weighted by molar-refractivity contribution is 5.86. The lowest BCUT2D eigenvalue weighted by molar-refractivity contribution is 0.0563. The first kappa shape index (κ1) is 10.3. The number of hydrogen-bond donors (Lipinski definition) is 0. The summed E-state index contributed by atoms with van der Waals surface area (Å²) in [4.78, 5) is 11.1. The number of hydrogen-bond acceptors (Lipinski definition) is 6. The molecule has 0 N–H and O–H groups in total. The normalized spacial score (nSPS) is 10.4. The minimum atomic E-state index is -0.500. The fourth-order valence-corrected chi connectivity index (χ4v) is 1.22. The van der Waals surface area contributed by atoms with Crippen LogP contribution in [0.3, 0.4) is 0 Å². The number of esters is 1. The summed E-state index contributed by atoms with van der Waals surface area (Å²) in [5.41, 5.74) is 0. The average molecular weight is 222 g/mol. The first-order valence-electron chi connectivity index (χ1n) is 4.60. The minimum Gasteiger partial charge on any atom is -0.463 e. The van der Waals surface area contributed by atoms with Gasteiger partial charge in [0.2, 0.25) is 5.76 Å². The summed E-state index contributed by atoms with van der Waals surface area (Å²) in [7, 11) is 1.30. The zero-order valence-corrected chi connectivity index (χ0v) is 8.88. The fraction of sp³-hybridized carbons (Fsp3) is 0.333. The van der Waals surface area contributed by atoms with Crippen LogP contribution in [0.4, 0.5) is 0 Å². The van der Waals surface area contributed by atoms with Gasteiger partial charge in [-0.05, 0) is 29.5 Å². The van der Waals surface area contributed by atoms with E-state index in [4.69, 9.17) is 4.42 Å². The maximum Gasteiger partial charge on any atom is 0.373 e. The van der Waals surface area contributed by atoms with Gasteiger partial charge in [-0.15, -0.1) is 5.10 Å². The highest BCUT2D eigenvalue weighted by Crippen LogP contribution is 2.10. The van der Waals surface area contributed by atoms with E-state index in [2.05, 4.69) is 20.3 Å². The molecular formula is C9H10N4O3. The van der Waals surface area contributed by atoms with Crippen molar-refractivity contribution in [3.8, 4) is 0 Å². The molecule has 0 saturated heterocycles. The molecule has 0 amide bonds. The number of tetrazole rings is 1. The summed E-state index contributed by atoms with van der Waals surface area (Å²) in [5.74, 6) is 0.940. The Morgan fingerprint density at radius 2 is 2.38 bits per heavy atom. The van der Waals surface area contributed by atoms with Crippen molar-refractivity contribution >= 4 is 5.97 Å². The number of ether oxygens (including phenoxy) is 1. The molecule has 0 aliphatic heterocycles. The molecular weight excluding hydrogens is 212 g/mol. The second kappa shape index (κ2) is 4.13. The lowest BCUT2D eigenvalue weighted by Gasteiger charge is -1.97. The SMILES string of the molecule is COC(=O)c1ccc(Cn2nnnc2C)o1. The van der Waals surface area contributed by atoms with Crippen molar-refractivity contribution in [2.45, 2.75) is 13.5 Å². The van der Waals surface area contributed by atoms with E-state index in [9.17, 15) is 4.79 Å². The summed E-state index contributed by atoms with van der Waals surface area (Å²) in [6.07, 6.45) is 0. The Kier molecular flexibility index (Phi) is 2.67. The molecule has 0 spiro atoms. The molecule has 2 rings (SSSR count). The monoisotopic (exact) mass is 222 g/mol. The number of furan rings is 1. The van der Waals surface area contributed by atoms with Crippen LogP contribution in [0, 0.1) is 6.92 Å². The molecule has 84 valence electrons. The number of aryl methyl sites for hydroxylation is 1. The molecule has 0 atom stereocenters. The Morgan fingerprint density at radius 1 is 1.56 bits per heavy atom. The Balaban J connectivity index is 2.14. The average Bonchev–Trinajstić information content (AvgIpc) is 2.89. The zero-order chi connectivity index (χ0) is 11.5. The highest BCUT2D eigenvalue weighted by Gasteiger charge is 2.12. The van der Waals surface area contributed by atoms with Crippen LogP contribution in [-0.2, 0) is 11.3 Å². The van der Waals surface area contributed by atoms with Crippen LogP contribution in [0.5, 0.6) is 0 Å². The van der Waals surface area contributed by atoms with Crippen LogP contribution in [0.15, 0.2) is 16.5 Å². The molecule has 0 fully saturated rings. The van der Waals surface area contributed by atoms with Crippen molar-refractivity contribution in [2.75, 3.05) is 7.11 Å². The van der Waals surface area contributed by atoms with E-state index in [0.29, 0.717) is 18.1 Å². The lowest BCUT2D eigenvalue weighted by atomic mass is 10.4. The van der Waals surface area contributed by atoms with E-state index in [-0.39, 0.29) is 5.76 Å². The molecule has 0 aromatic carbocycles. The summed E-state index contributed by atoms with van der Waals surface area (Å²) in [6, 6.07) is 3.24. The summed E-state index contributed by atoms with van der Waals surface area (Å²) in [6.45, 7) is 2.17. The van der Waals surface area contributed by atoms with Gasteiger partial charge in [-0.25, -0.2) is 9.48 Å². The highest BCUT2D eigenvalue weighted by atomic mass is 16.5. The Hall–Kier alpha value is -2.18. The summed E-state index contributed by atoms with van der Waals surface area (Å²) < 4.78 is 11.4. The van der Waals surface area contributed by atoms with Crippen molar-refractivity contribution in [2.24, 2.45) is 0 Å². The van der Waals surface area contributed by atoms with E-state index in [1.807, 2.05) is 0 Å². The van der Waals surface area contributed by atoms with Crippen LogP contribution in [0.2, 0.25) is 0 Å². The maximum atomic E-state index is 11.1. The van der Waals surface area contributed by atoms with E-state index >= 15 is 0 Å². The minimum absolute atomic E-state index is 0.170. The zero-order valence-electron chi connectivity index (χ0n) is 8.88. The van der Waals surface area contributed by atoms with Gasteiger partial charge in [-0.2, -0.15) is 0 Å². The molecule has 0 aliphatic rings. The van der Waals surface area contributed by atoms with Crippen LogP contribution in [-0.4, -0.2) is 33.3 Å². The third kappa shape index (κ3) is 1.92. The molecule has 7 heteroatoms. The third-order valence-electron chi connectivity index (χ3n) is 2.06. The molecule has 2 aromatic heterocycles. The molecule has 7 nitrogen and oxygen atoms in total. The Labute approximate surface area is 91.0 Å². The molecule has 0 radical (unpaired) electrons. The smallest absolute Gasteiger partial charge is 0.373 e. The second-order valence-corrected chi connectivity index (χ2v) is 3.14. The second-order valence-electron chi connectivity index (χ2n) is 3.14. The molecule has 16 heavy (non-hydrogen) atoms. The Morgan fingerprint density at radius 3 is 3.00 bits per heavy atom. The van der Waals surface area contributed by atoms with Crippen molar-refractivity contribution in [3.05, 3.63) is 29.5 Å². The van der Waals surface area contributed by atoms with Crippen LogP contribution < -0.4 is 0 Å². The third-order valence-corrected chi connectivity index (χ3v) is 2.06. The van der Waals surface area contributed by atoms with Gasteiger partial charge in [-0.1, -0.05) is 0 Å². The van der Waals surface area contributed by atoms with Gasteiger partial charge in [0.05, 0.1) is 7.11 Å². The number of rotatable bonds is 3. The van der Waals surface area contributed by atoms with Gasteiger partial charge in [-0.3, -0.25) is 0 Å². The van der Waals surface area contributed by atoms with Crippen molar-refractivity contribution in [1.82, 2.24) is 20.2 Å². The lowest BCUT2D eigenvalue weighted by Crippen LogP contribution is -2.03. The quantitative estimate of drug-likeness (QED) is 0.699. The number of nitrogens with zero attached hydrogens (tertiary/aromatic N) is 4. The molecule has 0 unspecified atom stereocenters. The van der Waals surface area contributed by atoms with Crippen LogP contribution in [0.25, 0.3) is 0 Å². The van der Waals surface area contributed by atoms with E-state index in [1.54, 1.807) is 23.7 Å². The van der Waals surface area contributed by atoms with Gasteiger partial charge >= 0.3 is 5.97 Å². The van der Waals surface area contributed by atoms with Gasteiger partial charge in [0, 0.05) is 0 Å². The number of methoxy groups -OCH3 is 1. The standard InChI is InChI=1S/C9H10N4O3/c1-6-10-11-12-13(6)5-7-3-4-8(16-7)9(14)15-2/h3-4H,5H2,1-2H3. The van der Waals surface area contributed by atoms with Crippen molar-refractivity contribution in [3.63, 3.8) is 0 Å². The van der Waals surface area contributed by atoms with Gasteiger partial charge in [0.1, 0.15) is 18.1 Å². The van der Waals surface area contributed by atoms with Crippen LogP contribution >= 0.6 is 0 Å². The largest absolute Gasteiger partial charge is 0.463 e. The maximum absolute atomic E-state index is 11.1. The van der Waals surface area contributed by atoms with Gasteiger partial charge < -0.3 is 9.15 Å². The van der Waals surface area contributed by atoms with E-state index < -0.39 is 5.97 Å². The molecule has 0 aliphatic carbocycles. The Bertz CT molecular complexity index is 502. The first-order valence-corrected chi connectivity index (χ1v) is 4.60. The number of aromatic nitrogens is 4. The summed E-state index contributed by atoms with van der Waals surface area (Å²) >= 11 is 0. The van der Waals surface area contributed by atoms with Crippen molar-refractivity contribution in [1.29, 1.82) is 0 Å². The predicted octanol–water partition coefficient (Wildman–Crippen LogP) is 0.409. The fourth-order valence-electron chi connectivity index (χ4n) is 1.22. The van der Waals surface area contributed by atoms with E-state index in [0.717, 1.165) is 0 Å². The molecule has 2 heterocycles. The molecule has 0 saturated carbocycles. The van der Waals surface area contributed by atoms with Gasteiger partial charge in [0.25, 0.3) is 0 Å². The molecule has 2 aromatic rings. The van der Waals surface area contributed by atoms with Crippen LogP contribution in [0.1, 0.15) is 22.1 Å². The van der Waals surface area contributed by atoms with Gasteiger partial charge in [0.15, 0.2) is 0 Å². The predicted molar refractivity (Wildman–Crippen MR) is 51.7 cm³/mol. The number of carbonyl (C=O) groups is 1. The topological polar surface area (TPSA) is 83.0 Å². The van der Waals surface area contributed by atoms with Crippen molar-refractivity contribution < 1.29 is 13.9 Å². The first-order chi connectivity index (χ1) is 7.70. The molecule has 0 bridgehead atoms.